The molecule has 1 aromatic rings. The first-order valence-corrected chi connectivity index (χ1v) is 3.37. The van der Waals surface area contributed by atoms with Crippen molar-refractivity contribution in [3.8, 4) is 0 Å². The Labute approximate surface area is 69.1 Å². The molecule has 0 saturated carbocycles. The molecule has 5 nitrogen and oxygen atoms in total. The highest BCUT2D eigenvalue weighted by molar-refractivity contribution is 6.81. The minimum Gasteiger partial charge on any atom is -0.421 e. The van der Waals surface area contributed by atoms with Crippen LogP contribution < -0.4 is 0 Å². The molecular weight excluding hydrogens is 161 g/mol. The molecule has 0 amide bonds. The number of nitrogens with zero attached hydrogens (tertiary/aromatic N) is 1. The average molecular weight is 169 g/mol. The van der Waals surface area contributed by atoms with Gasteiger partial charge in [-0.25, -0.2) is 0 Å². The fraction of sp³-hybridized carbons (Fsp3) is 0.333. The maximum absolute atomic E-state index is 11.0. The first kappa shape index (κ1) is 8.96. The number of hydrogen-bond acceptors (Lipinski definition) is 5. The lowest BCUT2D eigenvalue weighted by Crippen LogP contribution is -2.26. The Morgan fingerprint density at radius 2 is 2.08 bits per heavy atom. The zero-order valence-corrected chi connectivity index (χ0v) is 6.74. The van der Waals surface area contributed by atoms with Gasteiger partial charge in [0.05, 0.1) is 11.3 Å². The molecule has 1 rings (SSSR count). The SMILES string of the molecule is Cc1noc(C)c1C(=O)B(O)O. The fourth-order valence-corrected chi connectivity index (χ4v) is 0.964. The van der Waals surface area contributed by atoms with Crippen LogP contribution in [0.5, 0.6) is 0 Å². The van der Waals surface area contributed by atoms with Gasteiger partial charge in [-0.1, -0.05) is 5.16 Å². The van der Waals surface area contributed by atoms with E-state index < -0.39 is 12.8 Å². The summed E-state index contributed by atoms with van der Waals surface area (Å²) in [6.45, 7) is 3.10. The first-order chi connectivity index (χ1) is 5.54. The van der Waals surface area contributed by atoms with Crippen LogP contribution in [0.25, 0.3) is 0 Å². The van der Waals surface area contributed by atoms with E-state index in [1.165, 1.54) is 6.92 Å². The fourth-order valence-electron chi connectivity index (χ4n) is 0.964. The minimum atomic E-state index is -2.00. The van der Waals surface area contributed by atoms with E-state index >= 15 is 0 Å². The smallest absolute Gasteiger partial charge is 0.421 e. The van der Waals surface area contributed by atoms with Gasteiger partial charge in [-0.2, -0.15) is 0 Å². The molecule has 0 radical (unpaired) electrons. The summed E-state index contributed by atoms with van der Waals surface area (Å²) >= 11 is 0. The largest absolute Gasteiger partial charge is 0.532 e. The van der Waals surface area contributed by atoms with Crippen LogP contribution >= 0.6 is 0 Å². The molecule has 0 saturated heterocycles. The highest BCUT2D eigenvalue weighted by Gasteiger charge is 2.27. The Balaban J connectivity index is 3.09. The van der Waals surface area contributed by atoms with Crippen molar-refractivity contribution in [3.63, 3.8) is 0 Å². The third-order valence-corrected chi connectivity index (χ3v) is 1.51. The van der Waals surface area contributed by atoms with Crippen molar-refractivity contribution in [1.82, 2.24) is 5.16 Å². The number of hydrogen-bond donors (Lipinski definition) is 2. The van der Waals surface area contributed by atoms with E-state index in [4.69, 9.17) is 10.0 Å². The van der Waals surface area contributed by atoms with Gasteiger partial charge in [-0.3, -0.25) is 4.79 Å². The Morgan fingerprint density at radius 1 is 1.50 bits per heavy atom. The van der Waals surface area contributed by atoms with Gasteiger partial charge < -0.3 is 14.6 Å². The molecule has 0 aliphatic heterocycles. The second kappa shape index (κ2) is 3.08. The predicted molar refractivity (Wildman–Crippen MR) is 40.5 cm³/mol. The van der Waals surface area contributed by atoms with Crippen LogP contribution in [0.4, 0.5) is 0 Å². The summed E-state index contributed by atoms with van der Waals surface area (Å²) in [7, 11) is -2.00. The Morgan fingerprint density at radius 3 is 2.42 bits per heavy atom. The van der Waals surface area contributed by atoms with Crippen molar-refractivity contribution >= 4 is 12.8 Å². The number of aryl methyl sites for hydroxylation is 2. The molecule has 6 heteroatoms. The van der Waals surface area contributed by atoms with E-state index in [0.717, 1.165) is 0 Å². The molecule has 12 heavy (non-hydrogen) atoms. The quantitative estimate of drug-likeness (QED) is 0.582. The topological polar surface area (TPSA) is 83.6 Å². The lowest BCUT2D eigenvalue weighted by Gasteiger charge is -1.95. The van der Waals surface area contributed by atoms with Gasteiger partial charge in [-0.15, -0.1) is 0 Å². The Hall–Kier alpha value is -1.14. The molecule has 0 aliphatic rings. The van der Waals surface area contributed by atoms with Crippen LogP contribution in [0, 0.1) is 13.8 Å². The van der Waals surface area contributed by atoms with E-state index in [2.05, 4.69) is 9.68 Å². The van der Waals surface area contributed by atoms with Crippen molar-refractivity contribution in [2.45, 2.75) is 13.8 Å². The summed E-state index contributed by atoms with van der Waals surface area (Å²) < 4.78 is 4.67. The number of rotatable bonds is 2. The van der Waals surface area contributed by atoms with Crippen molar-refractivity contribution in [2.75, 3.05) is 0 Å². The van der Waals surface area contributed by atoms with Gasteiger partial charge in [-0.05, 0) is 13.8 Å². The van der Waals surface area contributed by atoms with Gasteiger partial charge in [0.15, 0.2) is 5.68 Å². The zero-order valence-electron chi connectivity index (χ0n) is 6.74. The third kappa shape index (κ3) is 1.39. The minimum absolute atomic E-state index is 0.144. The lowest BCUT2D eigenvalue weighted by atomic mass is 9.79. The maximum Gasteiger partial charge on any atom is 0.532 e. The second-order valence-corrected chi connectivity index (χ2v) is 2.44. The van der Waals surface area contributed by atoms with Gasteiger partial charge in [0.1, 0.15) is 5.76 Å². The summed E-state index contributed by atoms with van der Waals surface area (Å²) in [6.07, 6.45) is 0. The summed E-state index contributed by atoms with van der Waals surface area (Å²) in [5, 5.41) is 20.7. The van der Waals surface area contributed by atoms with Crippen molar-refractivity contribution in [2.24, 2.45) is 0 Å². The van der Waals surface area contributed by atoms with Crippen LogP contribution in [-0.4, -0.2) is 28.0 Å². The molecule has 1 heterocycles. The predicted octanol–water partition coefficient (Wildman–Crippen LogP) is -0.514. The van der Waals surface area contributed by atoms with Gasteiger partial charge in [0.2, 0.25) is 0 Å². The molecule has 0 atom stereocenters. The summed E-state index contributed by atoms with van der Waals surface area (Å²) in [4.78, 5) is 11.0. The van der Waals surface area contributed by atoms with Crippen molar-refractivity contribution in [3.05, 3.63) is 17.0 Å². The summed E-state index contributed by atoms with van der Waals surface area (Å²) in [6, 6.07) is 0. The molecule has 64 valence electrons. The molecule has 1 aromatic heterocycles. The van der Waals surface area contributed by atoms with Crippen LogP contribution in [0.1, 0.15) is 21.8 Å². The molecule has 0 bridgehead atoms. The molecular formula is C6H8BNO4. The van der Waals surface area contributed by atoms with Gasteiger partial charge >= 0.3 is 7.12 Å². The van der Waals surface area contributed by atoms with E-state index in [1.807, 2.05) is 0 Å². The molecule has 2 N–H and O–H groups in total. The maximum atomic E-state index is 11.0. The summed E-state index contributed by atoms with van der Waals surface area (Å²) in [5.74, 6) is 0.297. The van der Waals surface area contributed by atoms with Crippen LogP contribution in [-0.2, 0) is 0 Å². The normalized spacial score (nSPS) is 10.0. The van der Waals surface area contributed by atoms with E-state index in [0.29, 0.717) is 11.5 Å². The highest BCUT2D eigenvalue weighted by atomic mass is 16.5. The van der Waals surface area contributed by atoms with Crippen molar-refractivity contribution in [1.29, 1.82) is 0 Å². The standard InChI is InChI=1S/C6H8BNO4/c1-3-5(4(2)12-8-3)6(9)7(10)11/h10-11H,1-2H3. The second-order valence-electron chi connectivity index (χ2n) is 2.44. The third-order valence-electron chi connectivity index (χ3n) is 1.51. The van der Waals surface area contributed by atoms with E-state index in [9.17, 15) is 4.79 Å². The molecule has 0 fully saturated rings. The first-order valence-electron chi connectivity index (χ1n) is 3.37. The van der Waals surface area contributed by atoms with Gasteiger partial charge in [0.25, 0.3) is 0 Å². The Kier molecular flexibility index (Phi) is 2.30. The van der Waals surface area contributed by atoms with Crippen molar-refractivity contribution < 1.29 is 19.4 Å². The molecule has 0 unspecified atom stereocenters. The number of carbonyl (C=O) groups excluding carboxylic acids is 1. The number of carbonyl (C=O) groups is 1. The number of aromatic nitrogens is 1. The lowest BCUT2D eigenvalue weighted by molar-refractivity contribution is 0.103. The van der Waals surface area contributed by atoms with Crippen LogP contribution in [0.15, 0.2) is 4.52 Å². The Bertz CT molecular complexity index is 287. The molecule has 0 aliphatic carbocycles. The monoisotopic (exact) mass is 169 g/mol. The molecule has 0 aromatic carbocycles. The zero-order chi connectivity index (χ0) is 9.30. The average Bonchev–Trinajstić information content (AvgIpc) is 2.30. The summed E-state index contributed by atoms with van der Waals surface area (Å²) in [5.41, 5.74) is -0.276. The van der Waals surface area contributed by atoms with Crippen LogP contribution in [0.2, 0.25) is 0 Å². The molecule has 0 spiro atoms. The van der Waals surface area contributed by atoms with Crippen LogP contribution in [0.3, 0.4) is 0 Å². The van der Waals surface area contributed by atoms with E-state index in [1.54, 1.807) is 6.92 Å². The van der Waals surface area contributed by atoms with E-state index in [-0.39, 0.29) is 5.56 Å². The van der Waals surface area contributed by atoms with Gasteiger partial charge in [0, 0.05) is 0 Å². The highest BCUT2D eigenvalue weighted by Crippen LogP contribution is 2.12.